The summed E-state index contributed by atoms with van der Waals surface area (Å²) < 4.78 is 0. The second-order valence-electron chi connectivity index (χ2n) is 6.37. The second-order valence-corrected chi connectivity index (χ2v) is 7.41. The number of fused-ring (bicyclic) bond motifs is 1. The molecule has 0 spiro atoms. The van der Waals surface area contributed by atoms with Crippen molar-refractivity contribution >= 4 is 28.1 Å². The number of hydrogen-bond donors (Lipinski definition) is 2. The fourth-order valence-corrected chi connectivity index (χ4v) is 3.73. The van der Waals surface area contributed by atoms with Crippen LogP contribution in [0.5, 0.6) is 0 Å². The van der Waals surface area contributed by atoms with Gasteiger partial charge >= 0.3 is 0 Å². The minimum Gasteiger partial charge on any atom is -0.396 e. The van der Waals surface area contributed by atoms with Crippen LogP contribution in [-0.4, -0.2) is 29.1 Å². The Hall–Kier alpha value is -2.24. The van der Waals surface area contributed by atoms with Gasteiger partial charge in [-0.2, -0.15) is 0 Å². The summed E-state index contributed by atoms with van der Waals surface area (Å²) in [5.74, 6) is -0.107. The summed E-state index contributed by atoms with van der Waals surface area (Å²) in [4.78, 5) is 18.4. The third kappa shape index (κ3) is 4.24. The van der Waals surface area contributed by atoms with E-state index in [-0.39, 0.29) is 18.4 Å². The minimum absolute atomic E-state index is 0.0125. The number of aliphatic hydroxyl groups is 1. The second kappa shape index (κ2) is 7.76. The molecule has 0 bridgehead atoms. The molecule has 2 heterocycles. The lowest BCUT2D eigenvalue weighted by molar-refractivity contribution is 0.0941. The minimum atomic E-state index is -0.120. The Labute approximate surface area is 151 Å². The predicted octanol–water partition coefficient (Wildman–Crippen LogP) is 3.49. The van der Waals surface area contributed by atoms with Crippen LogP contribution in [0.3, 0.4) is 0 Å². The number of carbonyl (C=O) groups is 1. The van der Waals surface area contributed by atoms with Crippen molar-refractivity contribution in [3.63, 3.8) is 0 Å². The number of rotatable bonds is 6. The zero-order valence-corrected chi connectivity index (χ0v) is 15.3. The molecule has 25 heavy (non-hydrogen) atoms. The number of hydrogen-bond acceptors (Lipinski definition) is 4. The Morgan fingerprint density at radius 3 is 2.84 bits per heavy atom. The third-order valence-corrected chi connectivity index (χ3v) is 5.12. The molecule has 1 amide bonds. The van der Waals surface area contributed by atoms with E-state index in [2.05, 4.69) is 16.4 Å². The number of thiophene rings is 1. The standard InChI is InChI=1S/C20H22N2O2S/c1-13-5-6-19-17(8-13)18(9-14(2)22-19)20(24)21-11-15(12-23)10-16-4-3-7-25-16/h3-9,15,23H,10-12H2,1-2H3,(H,21,24)/t15-/m0/s1. The Bertz CT molecular complexity index is 875. The van der Waals surface area contributed by atoms with Crippen molar-refractivity contribution in [3.8, 4) is 0 Å². The first-order valence-electron chi connectivity index (χ1n) is 8.36. The number of aryl methyl sites for hydroxylation is 2. The topological polar surface area (TPSA) is 62.2 Å². The van der Waals surface area contributed by atoms with Gasteiger partial charge in [-0.1, -0.05) is 17.7 Å². The van der Waals surface area contributed by atoms with E-state index in [0.29, 0.717) is 12.1 Å². The summed E-state index contributed by atoms with van der Waals surface area (Å²) in [5, 5.41) is 15.5. The molecular weight excluding hydrogens is 332 g/mol. The highest BCUT2D eigenvalue weighted by Crippen LogP contribution is 2.20. The van der Waals surface area contributed by atoms with Crippen LogP contribution in [0.15, 0.2) is 41.8 Å². The Morgan fingerprint density at radius 2 is 2.12 bits per heavy atom. The zero-order valence-electron chi connectivity index (χ0n) is 14.5. The summed E-state index contributed by atoms with van der Waals surface area (Å²) in [6.07, 6.45) is 0.768. The van der Waals surface area contributed by atoms with Gasteiger partial charge in [0.2, 0.25) is 0 Å². The first-order valence-corrected chi connectivity index (χ1v) is 9.24. The molecule has 3 aromatic rings. The van der Waals surface area contributed by atoms with Crippen molar-refractivity contribution < 1.29 is 9.90 Å². The van der Waals surface area contributed by atoms with Gasteiger partial charge in [0.05, 0.1) is 11.1 Å². The van der Waals surface area contributed by atoms with Crippen LogP contribution in [0.1, 0.15) is 26.5 Å². The SMILES string of the molecule is Cc1ccc2nc(C)cc(C(=O)NC[C@@H](CO)Cc3cccs3)c2c1. The molecule has 3 rings (SSSR count). The lowest BCUT2D eigenvalue weighted by Crippen LogP contribution is -2.32. The number of benzene rings is 1. The van der Waals surface area contributed by atoms with Gasteiger partial charge < -0.3 is 10.4 Å². The van der Waals surface area contributed by atoms with Crippen LogP contribution in [0.2, 0.25) is 0 Å². The number of aliphatic hydroxyl groups excluding tert-OH is 1. The van der Waals surface area contributed by atoms with E-state index in [1.165, 1.54) is 4.88 Å². The van der Waals surface area contributed by atoms with Gasteiger partial charge in [0, 0.05) is 35.0 Å². The summed E-state index contributed by atoms with van der Waals surface area (Å²) >= 11 is 1.67. The molecule has 0 unspecified atom stereocenters. The number of nitrogens with one attached hydrogen (secondary N) is 1. The smallest absolute Gasteiger partial charge is 0.252 e. The fraction of sp³-hybridized carbons (Fsp3) is 0.300. The fourth-order valence-electron chi connectivity index (χ4n) is 2.91. The highest BCUT2D eigenvalue weighted by Gasteiger charge is 2.15. The molecular formula is C20H22N2O2S. The maximum Gasteiger partial charge on any atom is 0.252 e. The van der Waals surface area contributed by atoms with Crippen molar-refractivity contribution in [1.82, 2.24) is 10.3 Å². The highest BCUT2D eigenvalue weighted by molar-refractivity contribution is 7.09. The molecule has 5 heteroatoms. The summed E-state index contributed by atoms with van der Waals surface area (Å²) in [7, 11) is 0. The maximum atomic E-state index is 12.7. The first kappa shape index (κ1) is 17.6. The van der Waals surface area contributed by atoms with Crippen LogP contribution in [-0.2, 0) is 6.42 Å². The van der Waals surface area contributed by atoms with Gasteiger partial charge in [-0.25, -0.2) is 0 Å². The van der Waals surface area contributed by atoms with Crippen LogP contribution in [0.4, 0.5) is 0 Å². The molecule has 4 nitrogen and oxygen atoms in total. The van der Waals surface area contributed by atoms with Gasteiger partial charge in [-0.3, -0.25) is 9.78 Å². The predicted molar refractivity (Wildman–Crippen MR) is 102 cm³/mol. The Kier molecular flexibility index (Phi) is 5.46. The van der Waals surface area contributed by atoms with Crippen molar-refractivity contribution in [3.05, 3.63) is 63.5 Å². The highest BCUT2D eigenvalue weighted by atomic mass is 32.1. The molecule has 2 N–H and O–H groups in total. The normalized spacial score (nSPS) is 12.3. The molecule has 0 radical (unpaired) electrons. The van der Waals surface area contributed by atoms with Crippen LogP contribution in [0.25, 0.3) is 10.9 Å². The summed E-state index contributed by atoms with van der Waals surface area (Å²) in [6, 6.07) is 11.8. The van der Waals surface area contributed by atoms with E-state index in [1.54, 1.807) is 11.3 Å². The maximum absolute atomic E-state index is 12.7. The molecule has 0 saturated heterocycles. The van der Waals surface area contributed by atoms with Gasteiger partial charge in [-0.15, -0.1) is 11.3 Å². The van der Waals surface area contributed by atoms with E-state index in [1.807, 2.05) is 49.6 Å². The van der Waals surface area contributed by atoms with E-state index in [9.17, 15) is 9.90 Å². The van der Waals surface area contributed by atoms with Crippen molar-refractivity contribution in [2.45, 2.75) is 20.3 Å². The molecule has 1 aromatic carbocycles. The number of amides is 1. The number of carbonyl (C=O) groups excluding carboxylic acids is 1. The molecule has 0 aliphatic rings. The summed E-state index contributed by atoms with van der Waals surface area (Å²) in [5.41, 5.74) is 3.38. The van der Waals surface area contributed by atoms with E-state index >= 15 is 0 Å². The number of pyridine rings is 1. The molecule has 0 fully saturated rings. The van der Waals surface area contributed by atoms with Crippen molar-refractivity contribution in [1.29, 1.82) is 0 Å². The van der Waals surface area contributed by atoms with Gasteiger partial charge in [0.1, 0.15) is 0 Å². The quantitative estimate of drug-likeness (QED) is 0.712. The van der Waals surface area contributed by atoms with Crippen LogP contribution in [0, 0.1) is 19.8 Å². The molecule has 0 aliphatic carbocycles. The largest absolute Gasteiger partial charge is 0.396 e. The monoisotopic (exact) mass is 354 g/mol. The molecule has 130 valence electrons. The molecule has 2 aromatic heterocycles. The lowest BCUT2D eigenvalue weighted by atomic mass is 10.0. The Balaban J connectivity index is 1.76. The summed E-state index contributed by atoms with van der Waals surface area (Å²) in [6.45, 7) is 4.39. The van der Waals surface area contributed by atoms with Crippen molar-refractivity contribution in [2.75, 3.05) is 13.2 Å². The van der Waals surface area contributed by atoms with E-state index in [0.717, 1.165) is 28.6 Å². The molecule has 0 saturated carbocycles. The van der Waals surface area contributed by atoms with E-state index in [4.69, 9.17) is 0 Å². The number of nitrogens with zero attached hydrogens (tertiary/aromatic N) is 1. The first-order chi connectivity index (χ1) is 12.1. The average molecular weight is 354 g/mol. The molecule has 1 atom stereocenters. The van der Waals surface area contributed by atoms with Crippen LogP contribution >= 0.6 is 11.3 Å². The lowest BCUT2D eigenvalue weighted by Gasteiger charge is -2.15. The van der Waals surface area contributed by atoms with Gasteiger partial charge in [-0.05, 0) is 49.9 Å². The van der Waals surface area contributed by atoms with E-state index < -0.39 is 0 Å². The van der Waals surface area contributed by atoms with Crippen molar-refractivity contribution in [2.24, 2.45) is 5.92 Å². The zero-order chi connectivity index (χ0) is 17.8. The Morgan fingerprint density at radius 1 is 1.28 bits per heavy atom. The third-order valence-electron chi connectivity index (χ3n) is 4.22. The molecule has 0 aliphatic heterocycles. The van der Waals surface area contributed by atoms with Gasteiger partial charge in [0.25, 0.3) is 5.91 Å². The van der Waals surface area contributed by atoms with Crippen LogP contribution < -0.4 is 5.32 Å². The number of aromatic nitrogens is 1. The van der Waals surface area contributed by atoms with Gasteiger partial charge in [0.15, 0.2) is 0 Å². The average Bonchev–Trinajstić information content (AvgIpc) is 3.11.